The number of phosphoric ester groups is 1. The lowest BCUT2D eigenvalue weighted by atomic mass is 10.3. The molecule has 84 valence electrons. The molecular formula is C9H14NO4P. The third-order valence-electron chi connectivity index (χ3n) is 1.81. The first-order chi connectivity index (χ1) is 7.13. The van der Waals surface area contributed by atoms with Crippen molar-refractivity contribution in [3.63, 3.8) is 0 Å². The minimum absolute atomic E-state index is 0.432. The molecule has 0 atom stereocenters. The maximum Gasteiger partial charge on any atom is 0.529 e. The molecule has 0 aliphatic rings. The summed E-state index contributed by atoms with van der Waals surface area (Å²) in [6.07, 6.45) is 0. The van der Waals surface area contributed by atoms with Crippen LogP contribution in [-0.4, -0.2) is 21.3 Å². The van der Waals surface area contributed by atoms with Gasteiger partial charge in [-0.05, 0) is 24.3 Å². The highest BCUT2D eigenvalue weighted by molar-refractivity contribution is 7.48. The van der Waals surface area contributed by atoms with E-state index in [9.17, 15) is 4.57 Å². The molecular weight excluding hydrogens is 217 g/mol. The van der Waals surface area contributed by atoms with Crippen molar-refractivity contribution in [3.8, 4) is 5.75 Å². The van der Waals surface area contributed by atoms with Crippen LogP contribution in [0.4, 0.5) is 5.69 Å². The Labute approximate surface area is 89.0 Å². The lowest BCUT2D eigenvalue weighted by molar-refractivity contribution is 0.211. The summed E-state index contributed by atoms with van der Waals surface area (Å²) in [5.41, 5.74) is 0.937. The normalized spacial score (nSPS) is 11.1. The molecule has 0 unspecified atom stereocenters. The molecule has 0 aliphatic carbocycles. The molecule has 1 aromatic rings. The van der Waals surface area contributed by atoms with Gasteiger partial charge in [-0.2, -0.15) is 0 Å². The molecule has 0 saturated heterocycles. The topological polar surface area (TPSA) is 56.8 Å². The summed E-state index contributed by atoms with van der Waals surface area (Å²) in [5.74, 6) is 0.432. The molecule has 0 amide bonds. The van der Waals surface area contributed by atoms with Crippen LogP contribution >= 0.6 is 7.82 Å². The van der Waals surface area contributed by atoms with E-state index < -0.39 is 7.82 Å². The second-order valence-electron chi connectivity index (χ2n) is 2.68. The summed E-state index contributed by atoms with van der Waals surface area (Å²) in [5, 5.41) is 2.96. The summed E-state index contributed by atoms with van der Waals surface area (Å²) in [6.45, 7) is 0. The van der Waals surface area contributed by atoms with Crippen molar-refractivity contribution in [2.24, 2.45) is 0 Å². The Bertz CT molecular complexity index is 344. The van der Waals surface area contributed by atoms with Crippen LogP contribution in [0.2, 0.25) is 0 Å². The third-order valence-corrected chi connectivity index (χ3v) is 3.14. The fourth-order valence-corrected chi connectivity index (χ4v) is 1.64. The van der Waals surface area contributed by atoms with Gasteiger partial charge in [-0.1, -0.05) is 0 Å². The molecule has 0 heterocycles. The molecule has 0 bridgehead atoms. The van der Waals surface area contributed by atoms with Crippen LogP contribution in [0.3, 0.4) is 0 Å². The first-order valence-electron chi connectivity index (χ1n) is 4.32. The van der Waals surface area contributed by atoms with Gasteiger partial charge >= 0.3 is 7.82 Å². The molecule has 0 aromatic heterocycles. The standard InChI is InChI=1S/C9H14NO4P/c1-10-8-4-6-9(7-5-8)14-15(11,12-2)13-3/h4-7,10H,1-3H3. The number of phosphoric acid groups is 1. The van der Waals surface area contributed by atoms with Crippen molar-refractivity contribution in [1.29, 1.82) is 0 Å². The monoisotopic (exact) mass is 231 g/mol. The fraction of sp³-hybridized carbons (Fsp3) is 0.333. The quantitative estimate of drug-likeness (QED) is 0.789. The van der Waals surface area contributed by atoms with Crippen molar-refractivity contribution >= 4 is 13.5 Å². The number of hydrogen-bond acceptors (Lipinski definition) is 5. The molecule has 0 saturated carbocycles. The SMILES string of the molecule is CNc1ccc(OP(=O)(OC)OC)cc1. The summed E-state index contributed by atoms with van der Waals surface area (Å²) in [6, 6.07) is 6.95. The van der Waals surface area contributed by atoms with Gasteiger partial charge in [0, 0.05) is 27.0 Å². The second-order valence-corrected chi connectivity index (χ2v) is 4.49. The Morgan fingerprint density at radius 3 is 2.07 bits per heavy atom. The van der Waals surface area contributed by atoms with E-state index in [4.69, 9.17) is 4.52 Å². The molecule has 1 rings (SSSR count). The first kappa shape index (κ1) is 12.0. The van der Waals surface area contributed by atoms with Crippen molar-refractivity contribution in [2.75, 3.05) is 26.6 Å². The van der Waals surface area contributed by atoms with Gasteiger partial charge < -0.3 is 9.84 Å². The molecule has 1 aromatic carbocycles. The van der Waals surface area contributed by atoms with Crippen molar-refractivity contribution in [2.45, 2.75) is 0 Å². The van der Waals surface area contributed by atoms with E-state index in [1.807, 2.05) is 7.05 Å². The number of rotatable bonds is 5. The molecule has 6 heteroatoms. The Morgan fingerprint density at radius 2 is 1.67 bits per heavy atom. The predicted molar refractivity (Wildman–Crippen MR) is 58.2 cm³/mol. The number of benzene rings is 1. The Kier molecular flexibility index (Phi) is 4.15. The van der Waals surface area contributed by atoms with E-state index >= 15 is 0 Å². The summed E-state index contributed by atoms with van der Waals surface area (Å²) in [4.78, 5) is 0. The number of anilines is 1. The van der Waals surface area contributed by atoms with Crippen molar-refractivity contribution < 1.29 is 18.1 Å². The summed E-state index contributed by atoms with van der Waals surface area (Å²) < 4.78 is 26.0. The van der Waals surface area contributed by atoms with E-state index in [1.54, 1.807) is 24.3 Å². The van der Waals surface area contributed by atoms with Crippen LogP contribution in [0.1, 0.15) is 0 Å². The van der Waals surface area contributed by atoms with Gasteiger partial charge in [-0.3, -0.25) is 9.05 Å². The molecule has 0 fully saturated rings. The van der Waals surface area contributed by atoms with Gasteiger partial charge in [-0.15, -0.1) is 0 Å². The van der Waals surface area contributed by atoms with Gasteiger partial charge in [0.2, 0.25) is 0 Å². The largest absolute Gasteiger partial charge is 0.529 e. The predicted octanol–water partition coefficient (Wildman–Crippen LogP) is 2.51. The van der Waals surface area contributed by atoms with Crippen LogP contribution < -0.4 is 9.84 Å². The lowest BCUT2D eigenvalue weighted by Gasteiger charge is -2.14. The van der Waals surface area contributed by atoms with Crippen LogP contribution in [0, 0.1) is 0 Å². The van der Waals surface area contributed by atoms with Crippen molar-refractivity contribution in [1.82, 2.24) is 0 Å². The zero-order valence-electron chi connectivity index (χ0n) is 8.89. The average Bonchev–Trinajstić information content (AvgIpc) is 2.30. The van der Waals surface area contributed by atoms with E-state index in [-0.39, 0.29) is 0 Å². The van der Waals surface area contributed by atoms with Crippen LogP contribution in [0.15, 0.2) is 24.3 Å². The smallest absolute Gasteiger partial charge is 0.404 e. The van der Waals surface area contributed by atoms with Gasteiger partial charge in [0.05, 0.1) is 0 Å². The van der Waals surface area contributed by atoms with Gasteiger partial charge in [-0.25, -0.2) is 4.57 Å². The second kappa shape index (κ2) is 5.16. The third kappa shape index (κ3) is 3.23. The molecule has 0 aliphatic heterocycles. The Hall–Kier alpha value is -1.03. The highest BCUT2D eigenvalue weighted by Gasteiger charge is 2.24. The van der Waals surface area contributed by atoms with E-state index in [1.165, 1.54) is 14.2 Å². The highest BCUT2D eigenvalue weighted by Crippen LogP contribution is 2.47. The molecule has 0 radical (unpaired) electrons. The van der Waals surface area contributed by atoms with Crippen LogP contribution in [-0.2, 0) is 13.6 Å². The first-order valence-corrected chi connectivity index (χ1v) is 5.78. The molecule has 0 spiro atoms. The van der Waals surface area contributed by atoms with E-state index in [2.05, 4.69) is 14.4 Å². The van der Waals surface area contributed by atoms with E-state index in [0.29, 0.717) is 5.75 Å². The highest BCUT2D eigenvalue weighted by atomic mass is 31.2. The van der Waals surface area contributed by atoms with Crippen LogP contribution in [0.5, 0.6) is 5.75 Å². The summed E-state index contributed by atoms with van der Waals surface area (Å²) in [7, 11) is 0.904. The zero-order valence-corrected chi connectivity index (χ0v) is 9.78. The van der Waals surface area contributed by atoms with E-state index in [0.717, 1.165) is 5.69 Å². The van der Waals surface area contributed by atoms with Crippen LogP contribution in [0.25, 0.3) is 0 Å². The summed E-state index contributed by atoms with van der Waals surface area (Å²) >= 11 is 0. The minimum Gasteiger partial charge on any atom is -0.404 e. The number of nitrogens with one attached hydrogen (secondary N) is 1. The van der Waals surface area contributed by atoms with Gasteiger partial charge in [0.25, 0.3) is 0 Å². The van der Waals surface area contributed by atoms with Crippen molar-refractivity contribution in [3.05, 3.63) is 24.3 Å². The average molecular weight is 231 g/mol. The zero-order chi connectivity index (χ0) is 11.3. The van der Waals surface area contributed by atoms with Gasteiger partial charge in [0.15, 0.2) is 0 Å². The Balaban J connectivity index is 2.76. The fourth-order valence-electron chi connectivity index (χ4n) is 0.961. The minimum atomic E-state index is -3.45. The lowest BCUT2D eigenvalue weighted by Crippen LogP contribution is -1.97. The molecule has 1 N–H and O–H groups in total. The molecule has 5 nitrogen and oxygen atoms in total. The maximum absolute atomic E-state index is 11.6. The number of hydrogen-bond donors (Lipinski definition) is 1. The van der Waals surface area contributed by atoms with Gasteiger partial charge in [0.1, 0.15) is 5.75 Å². The Morgan fingerprint density at radius 1 is 1.13 bits per heavy atom. The molecule has 15 heavy (non-hydrogen) atoms. The maximum atomic E-state index is 11.6.